The van der Waals surface area contributed by atoms with Crippen molar-refractivity contribution in [3.63, 3.8) is 0 Å². The number of ketones is 2. The van der Waals surface area contributed by atoms with Crippen LogP contribution < -0.4 is 0 Å². The highest BCUT2D eigenvalue weighted by Crippen LogP contribution is 2.64. The Labute approximate surface area is 139 Å². The highest BCUT2D eigenvalue weighted by atomic mass is 16.6. The second-order valence-electron chi connectivity index (χ2n) is 7.52. The number of esters is 2. The first-order valence-corrected chi connectivity index (χ1v) is 8.52. The number of fused-ring (bicyclic) bond motifs is 9. The van der Waals surface area contributed by atoms with E-state index in [1.807, 2.05) is 12.2 Å². The molecule has 0 spiro atoms. The summed E-state index contributed by atoms with van der Waals surface area (Å²) < 4.78 is 10.0. The number of ether oxygens (including phenoxy) is 2. The van der Waals surface area contributed by atoms with E-state index >= 15 is 0 Å². The standard InChI is InChI=1S/C18H20O6/c1-7(2)24-12(19)6-23-18(22)11-5-10-13-8-3-4-9(16(8)20)14(13)15(11)17(10)21/h3-4,7-11,13-15H,5-6H2,1-2H3. The molecular weight excluding hydrogens is 312 g/mol. The van der Waals surface area contributed by atoms with Crippen LogP contribution in [0.5, 0.6) is 0 Å². The summed E-state index contributed by atoms with van der Waals surface area (Å²) in [6.07, 6.45) is 3.99. The molecule has 7 atom stereocenters. The SMILES string of the molecule is CC(C)OC(=O)COC(=O)C1CC2C(=O)C1C1C3C=CC(C3=O)C21. The van der Waals surface area contributed by atoms with Crippen LogP contribution in [0.3, 0.4) is 0 Å². The molecule has 0 aromatic carbocycles. The van der Waals surface area contributed by atoms with Crippen LogP contribution in [0.2, 0.25) is 0 Å². The Morgan fingerprint density at radius 2 is 1.79 bits per heavy atom. The van der Waals surface area contributed by atoms with Gasteiger partial charge in [-0.1, -0.05) is 12.2 Å². The van der Waals surface area contributed by atoms with Crippen LogP contribution in [0, 0.1) is 41.4 Å². The van der Waals surface area contributed by atoms with E-state index in [-0.39, 0.29) is 47.3 Å². The summed E-state index contributed by atoms with van der Waals surface area (Å²) in [6, 6.07) is 0. The lowest BCUT2D eigenvalue weighted by atomic mass is 9.69. The topological polar surface area (TPSA) is 86.7 Å². The minimum atomic E-state index is -0.594. The van der Waals surface area contributed by atoms with E-state index in [4.69, 9.17) is 9.47 Å². The number of hydrogen-bond donors (Lipinski definition) is 0. The van der Waals surface area contributed by atoms with Gasteiger partial charge in [0.2, 0.25) is 0 Å². The fourth-order valence-corrected chi connectivity index (χ4v) is 5.31. The summed E-state index contributed by atoms with van der Waals surface area (Å²) in [6.45, 7) is 3.00. The molecule has 4 rings (SSSR count). The molecule has 0 aromatic heterocycles. The van der Waals surface area contributed by atoms with Gasteiger partial charge in [0.1, 0.15) is 11.6 Å². The van der Waals surface area contributed by atoms with E-state index < -0.39 is 30.4 Å². The molecule has 4 bridgehead atoms. The average molecular weight is 332 g/mol. The Balaban J connectivity index is 1.45. The largest absolute Gasteiger partial charge is 0.460 e. The molecule has 128 valence electrons. The molecule has 4 aliphatic carbocycles. The molecule has 0 aromatic rings. The summed E-state index contributed by atoms with van der Waals surface area (Å²) in [5.41, 5.74) is 0. The normalized spacial score (nSPS) is 41.2. The zero-order chi connectivity index (χ0) is 17.2. The van der Waals surface area contributed by atoms with E-state index in [9.17, 15) is 19.2 Å². The van der Waals surface area contributed by atoms with Crippen molar-refractivity contribution in [3.8, 4) is 0 Å². The number of carbonyl (C=O) groups is 4. The molecule has 0 amide bonds. The maximum atomic E-state index is 12.6. The first-order valence-electron chi connectivity index (χ1n) is 8.52. The highest BCUT2D eigenvalue weighted by Gasteiger charge is 2.69. The fourth-order valence-electron chi connectivity index (χ4n) is 5.31. The molecule has 7 unspecified atom stereocenters. The lowest BCUT2D eigenvalue weighted by Gasteiger charge is -2.32. The Morgan fingerprint density at radius 1 is 1.12 bits per heavy atom. The molecule has 0 aliphatic heterocycles. The third-order valence-corrected chi connectivity index (χ3v) is 5.97. The molecule has 4 aliphatic rings. The van der Waals surface area contributed by atoms with Crippen molar-refractivity contribution >= 4 is 23.5 Å². The van der Waals surface area contributed by atoms with Crippen molar-refractivity contribution in [1.29, 1.82) is 0 Å². The van der Waals surface area contributed by atoms with Gasteiger partial charge >= 0.3 is 11.9 Å². The summed E-state index contributed by atoms with van der Waals surface area (Å²) >= 11 is 0. The van der Waals surface area contributed by atoms with E-state index in [1.54, 1.807) is 13.8 Å². The van der Waals surface area contributed by atoms with Gasteiger partial charge in [-0.05, 0) is 32.1 Å². The second kappa shape index (κ2) is 5.26. The highest BCUT2D eigenvalue weighted by molar-refractivity contribution is 6.01. The van der Waals surface area contributed by atoms with Crippen LogP contribution >= 0.6 is 0 Å². The predicted molar refractivity (Wildman–Crippen MR) is 80.4 cm³/mol. The Bertz CT molecular complexity index is 662. The van der Waals surface area contributed by atoms with Crippen LogP contribution in [-0.2, 0) is 28.7 Å². The minimum Gasteiger partial charge on any atom is -0.460 e. The van der Waals surface area contributed by atoms with Crippen molar-refractivity contribution in [3.05, 3.63) is 12.2 Å². The van der Waals surface area contributed by atoms with Crippen LogP contribution in [0.1, 0.15) is 20.3 Å². The smallest absolute Gasteiger partial charge is 0.344 e. The van der Waals surface area contributed by atoms with Gasteiger partial charge in [0.25, 0.3) is 0 Å². The molecule has 0 saturated heterocycles. The summed E-state index contributed by atoms with van der Waals surface area (Å²) in [4.78, 5) is 48.7. The lowest BCUT2D eigenvalue weighted by molar-refractivity contribution is -0.165. The van der Waals surface area contributed by atoms with Crippen LogP contribution in [0.25, 0.3) is 0 Å². The van der Waals surface area contributed by atoms with E-state index in [1.165, 1.54) is 0 Å². The third kappa shape index (κ3) is 2.01. The van der Waals surface area contributed by atoms with Gasteiger partial charge in [0.15, 0.2) is 6.61 Å². The number of rotatable bonds is 4. The Kier molecular flexibility index (Phi) is 3.41. The third-order valence-electron chi connectivity index (χ3n) is 5.97. The maximum absolute atomic E-state index is 12.6. The molecule has 6 nitrogen and oxygen atoms in total. The van der Waals surface area contributed by atoms with Crippen molar-refractivity contribution in [2.24, 2.45) is 41.4 Å². The zero-order valence-corrected chi connectivity index (χ0v) is 13.6. The van der Waals surface area contributed by atoms with Crippen LogP contribution in [0.15, 0.2) is 12.2 Å². The monoisotopic (exact) mass is 332 g/mol. The van der Waals surface area contributed by atoms with E-state index in [2.05, 4.69) is 0 Å². The Morgan fingerprint density at radius 3 is 2.46 bits per heavy atom. The molecular formula is C18H20O6. The minimum absolute atomic E-state index is 0.0566. The van der Waals surface area contributed by atoms with Crippen molar-refractivity contribution in [1.82, 2.24) is 0 Å². The van der Waals surface area contributed by atoms with E-state index in [0.717, 1.165) is 0 Å². The number of allylic oxidation sites excluding steroid dienone is 2. The average Bonchev–Trinajstić information content (AvgIpc) is 3.21. The summed E-state index contributed by atoms with van der Waals surface area (Å²) in [5.74, 6) is -2.35. The number of Topliss-reactive ketones (excluding diaryl/α,β-unsaturated/α-hetero) is 2. The zero-order valence-electron chi connectivity index (χ0n) is 13.6. The van der Waals surface area contributed by atoms with Crippen LogP contribution in [-0.4, -0.2) is 36.2 Å². The summed E-state index contributed by atoms with van der Waals surface area (Å²) in [5, 5.41) is 0. The Hall–Kier alpha value is -1.98. The van der Waals surface area contributed by atoms with Gasteiger partial charge in [-0.2, -0.15) is 0 Å². The van der Waals surface area contributed by atoms with Crippen molar-refractivity contribution < 1.29 is 28.7 Å². The van der Waals surface area contributed by atoms with Crippen molar-refractivity contribution in [2.75, 3.05) is 6.61 Å². The lowest BCUT2D eigenvalue weighted by Crippen LogP contribution is -2.36. The fraction of sp³-hybridized carbons (Fsp3) is 0.667. The molecule has 0 N–H and O–H groups in total. The molecule has 3 fully saturated rings. The van der Waals surface area contributed by atoms with E-state index in [0.29, 0.717) is 6.42 Å². The second-order valence-corrected chi connectivity index (χ2v) is 7.52. The predicted octanol–water partition coefficient (Wildman–Crippen LogP) is 0.933. The molecule has 24 heavy (non-hydrogen) atoms. The van der Waals surface area contributed by atoms with Gasteiger partial charge in [0.05, 0.1) is 12.0 Å². The maximum Gasteiger partial charge on any atom is 0.344 e. The van der Waals surface area contributed by atoms with Gasteiger partial charge in [-0.15, -0.1) is 0 Å². The van der Waals surface area contributed by atoms with Crippen LogP contribution in [0.4, 0.5) is 0 Å². The van der Waals surface area contributed by atoms with Gasteiger partial charge in [0, 0.05) is 23.7 Å². The number of hydrogen-bond acceptors (Lipinski definition) is 6. The van der Waals surface area contributed by atoms with Crippen molar-refractivity contribution in [2.45, 2.75) is 26.4 Å². The van der Waals surface area contributed by atoms with Gasteiger partial charge in [-0.3, -0.25) is 14.4 Å². The first-order chi connectivity index (χ1) is 11.4. The first kappa shape index (κ1) is 15.5. The molecule has 6 heteroatoms. The van der Waals surface area contributed by atoms with Gasteiger partial charge < -0.3 is 9.47 Å². The molecule has 0 heterocycles. The summed E-state index contributed by atoms with van der Waals surface area (Å²) in [7, 11) is 0. The quantitative estimate of drug-likeness (QED) is 0.432. The number of carbonyl (C=O) groups excluding carboxylic acids is 4. The van der Waals surface area contributed by atoms with Gasteiger partial charge in [-0.25, -0.2) is 4.79 Å². The molecule has 3 saturated carbocycles. The molecule has 0 radical (unpaired) electrons.